The second-order valence-electron chi connectivity index (χ2n) is 2.95. The lowest BCUT2D eigenvalue weighted by atomic mass is 10.3. The fraction of sp³-hybridized carbons (Fsp3) is 0.556. The van der Waals surface area contributed by atoms with Gasteiger partial charge in [-0.2, -0.15) is 5.10 Å². The van der Waals surface area contributed by atoms with Crippen LogP contribution in [0.3, 0.4) is 0 Å². The van der Waals surface area contributed by atoms with Crippen molar-refractivity contribution in [1.29, 1.82) is 0 Å². The third-order valence-electron chi connectivity index (χ3n) is 1.78. The number of amides is 1. The van der Waals surface area contributed by atoms with E-state index < -0.39 is 0 Å². The number of aliphatic hydroxyl groups is 1. The summed E-state index contributed by atoms with van der Waals surface area (Å²) in [5.41, 5.74) is 0. The molecule has 0 saturated carbocycles. The SMILES string of the molecule is O=C(CCn1cccn1)NCCCO. The first kappa shape index (κ1) is 10.7. The highest BCUT2D eigenvalue weighted by Crippen LogP contribution is 1.89. The van der Waals surface area contributed by atoms with Crippen molar-refractivity contribution < 1.29 is 9.90 Å². The second-order valence-corrected chi connectivity index (χ2v) is 2.95. The predicted octanol–water partition coefficient (Wildman–Crippen LogP) is -0.228. The Morgan fingerprint density at radius 2 is 2.43 bits per heavy atom. The van der Waals surface area contributed by atoms with Gasteiger partial charge in [-0.15, -0.1) is 0 Å². The highest BCUT2D eigenvalue weighted by Gasteiger charge is 2.00. The van der Waals surface area contributed by atoms with Gasteiger partial charge in [-0.1, -0.05) is 0 Å². The summed E-state index contributed by atoms with van der Waals surface area (Å²) in [7, 11) is 0. The van der Waals surface area contributed by atoms with Gasteiger partial charge in [0.1, 0.15) is 0 Å². The average Bonchev–Trinajstić information content (AvgIpc) is 2.68. The molecule has 1 amide bonds. The van der Waals surface area contributed by atoms with Crippen LogP contribution in [0.25, 0.3) is 0 Å². The number of hydrogen-bond acceptors (Lipinski definition) is 3. The van der Waals surface area contributed by atoms with E-state index in [1.807, 2.05) is 12.3 Å². The minimum Gasteiger partial charge on any atom is -0.396 e. The van der Waals surface area contributed by atoms with E-state index in [2.05, 4.69) is 10.4 Å². The first-order valence-corrected chi connectivity index (χ1v) is 4.68. The molecule has 14 heavy (non-hydrogen) atoms. The molecular formula is C9H15N3O2. The monoisotopic (exact) mass is 197 g/mol. The van der Waals surface area contributed by atoms with Crippen LogP contribution in [-0.2, 0) is 11.3 Å². The minimum absolute atomic E-state index is 0.00560. The fourth-order valence-electron chi connectivity index (χ4n) is 1.04. The molecular weight excluding hydrogens is 182 g/mol. The lowest BCUT2D eigenvalue weighted by molar-refractivity contribution is -0.121. The Morgan fingerprint density at radius 3 is 3.07 bits per heavy atom. The lowest BCUT2D eigenvalue weighted by Crippen LogP contribution is -2.26. The number of aromatic nitrogens is 2. The molecule has 0 unspecified atom stereocenters. The molecule has 0 fully saturated rings. The molecule has 0 aromatic carbocycles. The lowest BCUT2D eigenvalue weighted by Gasteiger charge is -2.03. The smallest absolute Gasteiger partial charge is 0.221 e. The van der Waals surface area contributed by atoms with Gasteiger partial charge in [0.25, 0.3) is 0 Å². The first-order chi connectivity index (χ1) is 6.83. The van der Waals surface area contributed by atoms with Gasteiger partial charge in [-0.05, 0) is 12.5 Å². The maximum atomic E-state index is 11.2. The number of rotatable bonds is 6. The van der Waals surface area contributed by atoms with Crippen molar-refractivity contribution in [2.24, 2.45) is 0 Å². The summed E-state index contributed by atoms with van der Waals surface area (Å²) in [5.74, 6) is -0.00560. The molecule has 0 aliphatic heterocycles. The molecule has 1 rings (SSSR count). The van der Waals surface area contributed by atoms with Crippen molar-refractivity contribution in [2.75, 3.05) is 13.2 Å². The van der Waals surface area contributed by atoms with Crippen molar-refractivity contribution in [2.45, 2.75) is 19.4 Å². The van der Waals surface area contributed by atoms with E-state index in [4.69, 9.17) is 5.11 Å². The Hall–Kier alpha value is -1.36. The molecule has 0 aliphatic carbocycles. The fourth-order valence-corrected chi connectivity index (χ4v) is 1.04. The van der Waals surface area contributed by atoms with E-state index in [1.54, 1.807) is 10.9 Å². The van der Waals surface area contributed by atoms with Gasteiger partial charge in [-0.25, -0.2) is 0 Å². The maximum Gasteiger partial charge on any atom is 0.221 e. The molecule has 1 aromatic heterocycles. The van der Waals surface area contributed by atoms with E-state index in [-0.39, 0.29) is 12.5 Å². The van der Waals surface area contributed by atoms with Gasteiger partial charge in [0.15, 0.2) is 0 Å². The molecule has 0 radical (unpaired) electrons. The third-order valence-corrected chi connectivity index (χ3v) is 1.78. The maximum absolute atomic E-state index is 11.2. The van der Waals surface area contributed by atoms with Gasteiger partial charge in [-0.3, -0.25) is 9.48 Å². The quantitative estimate of drug-likeness (QED) is 0.619. The molecule has 0 spiro atoms. The van der Waals surface area contributed by atoms with E-state index in [9.17, 15) is 4.79 Å². The van der Waals surface area contributed by atoms with E-state index in [0.717, 1.165) is 0 Å². The van der Waals surface area contributed by atoms with Crippen LogP contribution < -0.4 is 5.32 Å². The molecule has 78 valence electrons. The van der Waals surface area contributed by atoms with Crippen LogP contribution in [0.4, 0.5) is 0 Å². The second kappa shape index (κ2) is 6.15. The van der Waals surface area contributed by atoms with Gasteiger partial charge in [0.05, 0.1) is 0 Å². The van der Waals surface area contributed by atoms with E-state index >= 15 is 0 Å². The summed E-state index contributed by atoms with van der Waals surface area (Å²) in [6, 6.07) is 1.82. The zero-order chi connectivity index (χ0) is 10.2. The number of hydrogen-bond donors (Lipinski definition) is 2. The van der Waals surface area contributed by atoms with Crippen LogP contribution in [0, 0.1) is 0 Å². The van der Waals surface area contributed by atoms with Crippen molar-refractivity contribution in [3.05, 3.63) is 18.5 Å². The zero-order valence-corrected chi connectivity index (χ0v) is 8.02. The highest BCUT2D eigenvalue weighted by atomic mass is 16.3. The number of aliphatic hydroxyl groups excluding tert-OH is 1. The zero-order valence-electron chi connectivity index (χ0n) is 8.02. The summed E-state index contributed by atoms with van der Waals surface area (Å²) < 4.78 is 1.71. The molecule has 0 atom stereocenters. The minimum atomic E-state index is -0.00560. The van der Waals surface area contributed by atoms with Gasteiger partial charge in [0.2, 0.25) is 5.91 Å². The van der Waals surface area contributed by atoms with Crippen LogP contribution >= 0.6 is 0 Å². The number of nitrogens with zero attached hydrogens (tertiary/aromatic N) is 2. The summed E-state index contributed by atoms with van der Waals surface area (Å²) in [4.78, 5) is 11.2. The molecule has 0 aliphatic rings. The highest BCUT2D eigenvalue weighted by molar-refractivity contribution is 5.75. The number of carbonyl (C=O) groups excluding carboxylic acids is 1. The molecule has 0 saturated heterocycles. The first-order valence-electron chi connectivity index (χ1n) is 4.68. The Balaban J connectivity index is 2.09. The summed E-state index contributed by atoms with van der Waals surface area (Å²) in [5, 5.41) is 15.2. The normalized spacial score (nSPS) is 10.1. The number of carbonyl (C=O) groups is 1. The summed E-state index contributed by atoms with van der Waals surface area (Å²) >= 11 is 0. The van der Waals surface area contributed by atoms with Crippen molar-refractivity contribution >= 4 is 5.91 Å². The molecule has 2 N–H and O–H groups in total. The largest absolute Gasteiger partial charge is 0.396 e. The predicted molar refractivity (Wildman–Crippen MR) is 51.6 cm³/mol. The van der Waals surface area contributed by atoms with Crippen LogP contribution in [0.2, 0.25) is 0 Å². The molecule has 5 heteroatoms. The average molecular weight is 197 g/mol. The summed E-state index contributed by atoms with van der Waals surface area (Å²) in [6.45, 7) is 1.24. The topological polar surface area (TPSA) is 67.2 Å². The van der Waals surface area contributed by atoms with Gasteiger partial charge in [0, 0.05) is 38.5 Å². The number of aryl methyl sites for hydroxylation is 1. The molecule has 1 aromatic rings. The van der Waals surface area contributed by atoms with Crippen LogP contribution in [-0.4, -0.2) is 33.9 Å². The van der Waals surface area contributed by atoms with Crippen molar-refractivity contribution in [1.82, 2.24) is 15.1 Å². The summed E-state index contributed by atoms with van der Waals surface area (Å²) in [6.07, 6.45) is 4.53. The van der Waals surface area contributed by atoms with E-state index in [1.165, 1.54) is 0 Å². The Bertz CT molecular complexity index is 259. The van der Waals surface area contributed by atoms with E-state index in [0.29, 0.717) is 25.9 Å². The van der Waals surface area contributed by atoms with Crippen LogP contribution in [0.15, 0.2) is 18.5 Å². The molecule has 1 heterocycles. The van der Waals surface area contributed by atoms with Crippen molar-refractivity contribution in [3.63, 3.8) is 0 Å². The Morgan fingerprint density at radius 1 is 1.57 bits per heavy atom. The Kier molecular flexibility index (Phi) is 4.71. The molecule has 5 nitrogen and oxygen atoms in total. The van der Waals surface area contributed by atoms with Crippen molar-refractivity contribution in [3.8, 4) is 0 Å². The Labute approximate surface area is 82.7 Å². The van der Waals surface area contributed by atoms with Crippen LogP contribution in [0.5, 0.6) is 0 Å². The number of nitrogens with one attached hydrogen (secondary N) is 1. The van der Waals surface area contributed by atoms with Gasteiger partial charge >= 0.3 is 0 Å². The van der Waals surface area contributed by atoms with Crippen LogP contribution in [0.1, 0.15) is 12.8 Å². The standard InChI is InChI=1S/C9H15N3O2/c13-8-2-4-10-9(14)3-7-12-6-1-5-11-12/h1,5-6,13H,2-4,7-8H2,(H,10,14). The third kappa shape index (κ3) is 4.04. The van der Waals surface area contributed by atoms with Gasteiger partial charge < -0.3 is 10.4 Å². The molecule has 0 bridgehead atoms.